The lowest BCUT2D eigenvalue weighted by molar-refractivity contribution is 0.0795. The molecular formula is C15H22BrNO3. The number of hydrogen-bond acceptors (Lipinski definition) is 4. The van der Waals surface area contributed by atoms with Crippen molar-refractivity contribution < 1.29 is 14.6 Å². The van der Waals surface area contributed by atoms with E-state index in [2.05, 4.69) is 27.8 Å². The minimum Gasteiger partial charge on any atom is -0.493 e. The highest BCUT2D eigenvalue weighted by Crippen LogP contribution is 2.36. The molecular weight excluding hydrogens is 322 g/mol. The molecule has 0 saturated carbocycles. The van der Waals surface area contributed by atoms with Gasteiger partial charge in [0.05, 0.1) is 17.2 Å². The van der Waals surface area contributed by atoms with Crippen molar-refractivity contribution in [3.8, 4) is 11.5 Å². The average molecular weight is 344 g/mol. The zero-order valence-electron chi connectivity index (χ0n) is 12.2. The van der Waals surface area contributed by atoms with Gasteiger partial charge >= 0.3 is 0 Å². The van der Waals surface area contributed by atoms with Crippen molar-refractivity contribution in [2.75, 3.05) is 20.3 Å². The first-order chi connectivity index (χ1) is 9.37. The van der Waals surface area contributed by atoms with Gasteiger partial charge in [-0.1, -0.05) is 12.7 Å². The van der Waals surface area contributed by atoms with Gasteiger partial charge in [0.15, 0.2) is 11.5 Å². The third-order valence-electron chi connectivity index (χ3n) is 2.52. The van der Waals surface area contributed by atoms with Crippen LogP contribution < -0.4 is 14.8 Å². The first kappa shape index (κ1) is 17.0. The molecule has 0 aliphatic carbocycles. The lowest BCUT2D eigenvalue weighted by Gasteiger charge is -2.18. The number of halogens is 1. The molecule has 1 aromatic carbocycles. The van der Waals surface area contributed by atoms with Crippen LogP contribution in [-0.2, 0) is 6.54 Å². The fourth-order valence-electron chi connectivity index (χ4n) is 1.67. The molecule has 0 heterocycles. The van der Waals surface area contributed by atoms with Gasteiger partial charge in [-0.3, -0.25) is 0 Å². The summed E-state index contributed by atoms with van der Waals surface area (Å²) >= 11 is 3.48. The maximum Gasteiger partial charge on any atom is 0.175 e. The summed E-state index contributed by atoms with van der Waals surface area (Å²) in [6, 6.07) is 3.89. The van der Waals surface area contributed by atoms with Crippen LogP contribution in [0.25, 0.3) is 0 Å². The lowest BCUT2D eigenvalue weighted by Crippen LogP contribution is -2.34. The lowest BCUT2D eigenvalue weighted by atomic mass is 10.1. The Morgan fingerprint density at radius 2 is 2.15 bits per heavy atom. The van der Waals surface area contributed by atoms with Crippen molar-refractivity contribution in [2.24, 2.45) is 0 Å². The molecule has 0 radical (unpaired) electrons. The van der Waals surface area contributed by atoms with Crippen LogP contribution >= 0.6 is 15.9 Å². The minimum atomic E-state index is -0.728. The molecule has 1 aromatic rings. The number of nitrogens with one attached hydrogen (secondary N) is 1. The van der Waals surface area contributed by atoms with E-state index in [0.717, 1.165) is 10.0 Å². The summed E-state index contributed by atoms with van der Waals surface area (Å²) in [5.74, 6) is 1.33. The highest BCUT2D eigenvalue weighted by molar-refractivity contribution is 9.10. The molecule has 112 valence electrons. The zero-order chi connectivity index (χ0) is 15.2. The first-order valence-corrected chi connectivity index (χ1v) is 7.20. The molecule has 0 unspecified atom stereocenters. The van der Waals surface area contributed by atoms with E-state index in [1.54, 1.807) is 27.0 Å². The molecule has 0 atom stereocenters. The number of benzene rings is 1. The molecule has 0 aliphatic rings. The van der Waals surface area contributed by atoms with Crippen molar-refractivity contribution in [2.45, 2.75) is 26.0 Å². The summed E-state index contributed by atoms with van der Waals surface area (Å²) in [7, 11) is 1.61. The number of hydrogen-bond donors (Lipinski definition) is 2. The van der Waals surface area contributed by atoms with E-state index in [1.807, 2.05) is 12.1 Å². The van der Waals surface area contributed by atoms with Gasteiger partial charge in [0.25, 0.3) is 0 Å². The second-order valence-electron chi connectivity index (χ2n) is 5.12. The van der Waals surface area contributed by atoms with Gasteiger partial charge in [0.2, 0.25) is 0 Å². The average Bonchev–Trinajstić information content (AvgIpc) is 2.35. The van der Waals surface area contributed by atoms with Crippen molar-refractivity contribution in [3.63, 3.8) is 0 Å². The van der Waals surface area contributed by atoms with Crippen LogP contribution in [0.5, 0.6) is 11.5 Å². The van der Waals surface area contributed by atoms with E-state index in [-0.39, 0.29) is 0 Å². The summed E-state index contributed by atoms with van der Waals surface area (Å²) in [5, 5.41) is 12.9. The predicted octanol–water partition coefficient (Wildman–Crippen LogP) is 2.88. The third kappa shape index (κ3) is 5.53. The summed E-state index contributed by atoms with van der Waals surface area (Å²) in [6.07, 6.45) is 1.69. The Balaban J connectivity index is 2.79. The molecule has 2 N–H and O–H groups in total. The standard InChI is InChI=1S/C15H22BrNO3/c1-5-6-20-14-12(16)7-11(8-13(14)19-4)9-17-10-15(2,3)18/h5,7-8,17-18H,1,6,9-10H2,2-4H3. The maximum atomic E-state index is 9.67. The largest absolute Gasteiger partial charge is 0.493 e. The Morgan fingerprint density at radius 1 is 1.45 bits per heavy atom. The zero-order valence-corrected chi connectivity index (χ0v) is 13.8. The number of methoxy groups -OCH3 is 1. The van der Waals surface area contributed by atoms with Crippen LogP contribution in [0.3, 0.4) is 0 Å². The fourth-order valence-corrected chi connectivity index (χ4v) is 2.27. The van der Waals surface area contributed by atoms with E-state index in [0.29, 0.717) is 31.2 Å². The second kappa shape index (κ2) is 7.67. The molecule has 5 heteroatoms. The third-order valence-corrected chi connectivity index (χ3v) is 3.11. The van der Waals surface area contributed by atoms with Crippen molar-refractivity contribution in [1.29, 1.82) is 0 Å². The maximum absolute atomic E-state index is 9.67. The molecule has 0 spiro atoms. The van der Waals surface area contributed by atoms with Crippen LogP contribution in [0.1, 0.15) is 19.4 Å². The Kier molecular flexibility index (Phi) is 6.52. The quantitative estimate of drug-likeness (QED) is 0.712. The monoisotopic (exact) mass is 343 g/mol. The van der Waals surface area contributed by atoms with Crippen LogP contribution in [0, 0.1) is 0 Å². The van der Waals surface area contributed by atoms with Gasteiger partial charge in [0, 0.05) is 13.1 Å². The van der Waals surface area contributed by atoms with Crippen molar-refractivity contribution in [3.05, 3.63) is 34.8 Å². The fraction of sp³-hybridized carbons (Fsp3) is 0.467. The van der Waals surface area contributed by atoms with Crippen molar-refractivity contribution >= 4 is 15.9 Å². The Morgan fingerprint density at radius 3 is 2.70 bits per heavy atom. The Hall–Kier alpha value is -1.04. The Labute approximate surface area is 128 Å². The summed E-state index contributed by atoms with van der Waals surface area (Å²) in [4.78, 5) is 0. The molecule has 0 fully saturated rings. The van der Waals surface area contributed by atoms with E-state index >= 15 is 0 Å². The van der Waals surface area contributed by atoms with Crippen molar-refractivity contribution in [1.82, 2.24) is 5.32 Å². The molecule has 20 heavy (non-hydrogen) atoms. The van der Waals surface area contributed by atoms with Crippen LogP contribution in [0.2, 0.25) is 0 Å². The smallest absolute Gasteiger partial charge is 0.175 e. The molecule has 0 aromatic heterocycles. The van der Waals surface area contributed by atoms with Gasteiger partial charge in [-0.15, -0.1) is 0 Å². The van der Waals surface area contributed by atoms with Gasteiger partial charge in [-0.05, 0) is 47.5 Å². The molecule has 0 bridgehead atoms. The number of aliphatic hydroxyl groups is 1. The van der Waals surface area contributed by atoms with E-state index in [1.165, 1.54) is 0 Å². The van der Waals surface area contributed by atoms with Crippen LogP contribution in [0.4, 0.5) is 0 Å². The van der Waals surface area contributed by atoms with Gasteiger partial charge in [-0.25, -0.2) is 0 Å². The molecule has 0 saturated heterocycles. The Bertz CT molecular complexity index is 455. The minimum absolute atomic E-state index is 0.422. The topological polar surface area (TPSA) is 50.7 Å². The van der Waals surface area contributed by atoms with Gasteiger partial charge in [-0.2, -0.15) is 0 Å². The molecule has 0 aliphatic heterocycles. The van der Waals surface area contributed by atoms with Crippen LogP contribution in [-0.4, -0.2) is 31.0 Å². The molecule has 0 amide bonds. The molecule has 4 nitrogen and oxygen atoms in total. The van der Waals surface area contributed by atoms with Gasteiger partial charge in [0.1, 0.15) is 6.61 Å². The summed E-state index contributed by atoms with van der Waals surface area (Å²) in [5.41, 5.74) is 0.317. The van der Waals surface area contributed by atoms with Gasteiger partial charge < -0.3 is 19.9 Å². The van der Waals surface area contributed by atoms with E-state index in [9.17, 15) is 5.11 Å². The van der Waals surface area contributed by atoms with E-state index in [4.69, 9.17) is 9.47 Å². The SMILES string of the molecule is C=CCOc1c(Br)cc(CNCC(C)(C)O)cc1OC. The first-order valence-electron chi connectivity index (χ1n) is 6.40. The number of ether oxygens (including phenoxy) is 2. The second-order valence-corrected chi connectivity index (χ2v) is 5.98. The molecule has 1 rings (SSSR count). The summed E-state index contributed by atoms with van der Waals surface area (Å²) in [6.45, 7) is 8.74. The highest BCUT2D eigenvalue weighted by atomic mass is 79.9. The predicted molar refractivity (Wildman–Crippen MR) is 84.4 cm³/mol. The van der Waals surface area contributed by atoms with Crippen LogP contribution in [0.15, 0.2) is 29.3 Å². The normalized spacial score (nSPS) is 11.2. The van der Waals surface area contributed by atoms with E-state index < -0.39 is 5.60 Å². The highest BCUT2D eigenvalue weighted by Gasteiger charge is 2.13. The number of rotatable bonds is 8. The summed E-state index contributed by atoms with van der Waals surface area (Å²) < 4.78 is 11.7.